The molecule has 34 heavy (non-hydrogen) atoms. The van der Waals surface area contributed by atoms with E-state index in [-0.39, 0.29) is 37.7 Å². The van der Waals surface area contributed by atoms with E-state index in [4.69, 9.17) is 4.74 Å². The molecule has 1 aliphatic heterocycles. The van der Waals surface area contributed by atoms with Gasteiger partial charge in [0.15, 0.2) is 11.6 Å². The van der Waals surface area contributed by atoms with E-state index in [0.29, 0.717) is 16.9 Å². The third kappa shape index (κ3) is 2.89. The molecule has 1 aromatic heterocycles. The number of hydrogen-bond acceptors (Lipinski definition) is 6. The SMILES string of the molecule is CC1=CC(=O)[C@@]2(C)[C@@H](c3ccccc3OCCO)C3=CCn4c(=O)n(C)c(=O)n4[C@@H]3C[C@H]2C1=O. The Kier molecular flexibility index (Phi) is 5.12. The summed E-state index contributed by atoms with van der Waals surface area (Å²) < 4.78 is 9.72. The van der Waals surface area contributed by atoms with Crippen LogP contribution in [0.15, 0.2) is 57.2 Å². The predicted molar refractivity (Wildman–Crippen MR) is 123 cm³/mol. The molecule has 0 radical (unpaired) electrons. The maximum atomic E-state index is 13.6. The Labute approximate surface area is 195 Å². The Morgan fingerprint density at radius 3 is 2.62 bits per heavy atom. The number of fused-ring (bicyclic) bond motifs is 4. The Bertz CT molecular complexity index is 1390. The average Bonchev–Trinajstić information content (AvgIpc) is 3.05. The number of hydrogen-bond donors (Lipinski definition) is 1. The van der Waals surface area contributed by atoms with Crippen molar-refractivity contribution in [3.63, 3.8) is 0 Å². The van der Waals surface area contributed by atoms with E-state index in [1.165, 1.54) is 22.5 Å². The predicted octanol–water partition coefficient (Wildman–Crippen LogP) is 1.11. The molecule has 1 saturated carbocycles. The minimum absolute atomic E-state index is 0.0793. The molecule has 2 aliphatic carbocycles. The molecular weight excluding hydrogens is 438 g/mol. The molecule has 3 aliphatic rings. The fourth-order valence-corrected chi connectivity index (χ4v) is 6.00. The molecule has 0 unspecified atom stereocenters. The van der Waals surface area contributed by atoms with Gasteiger partial charge in [0, 0.05) is 24.4 Å². The second-order valence-electron chi connectivity index (χ2n) is 9.44. The van der Waals surface area contributed by atoms with E-state index in [9.17, 15) is 24.3 Å². The smallest absolute Gasteiger partial charge is 0.347 e. The van der Waals surface area contributed by atoms with Gasteiger partial charge in [-0.05, 0) is 36.6 Å². The summed E-state index contributed by atoms with van der Waals surface area (Å²) in [6.45, 7) is 3.56. The normalized spacial score (nSPS) is 27.9. The molecule has 0 bridgehead atoms. The van der Waals surface area contributed by atoms with Crippen LogP contribution in [0.4, 0.5) is 0 Å². The second-order valence-corrected chi connectivity index (χ2v) is 9.44. The van der Waals surface area contributed by atoms with Crippen molar-refractivity contribution >= 4 is 11.6 Å². The second kappa shape index (κ2) is 7.80. The van der Waals surface area contributed by atoms with E-state index < -0.39 is 34.7 Å². The molecule has 2 aromatic rings. The van der Waals surface area contributed by atoms with Crippen molar-refractivity contribution in [3.05, 3.63) is 74.1 Å². The molecule has 1 aromatic carbocycles. The summed E-state index contributed by atoms with van der Waals surface area (Å²) in [7, 11) is 1.44. The molecule has 0 amide bonds. The third-order valence-corrected chi connectivity index (χ3v) is 7.71. The summed E-state index contributed by atoms with van der Waals surface area (Å²) in [5.41, 5.74) is -0.0158. The third-order valence-electron chi connectivity index (χ3n) is 7.71. The number of Topliss-reactive ketones (excluding diaryl/α,β-unsaturated/α-hetero) is 1. The number of carbonyl (C=O) groups is 2. The Hall–Kier alpha value is -3.46. The van der Waals surface area contributed by atoms with Crippen LogP contribution in [0.5, 0.6) is 5.75 Å². The van der Waals surface area contributed by atoms with Gasteiger partial charge in [-0.25, -0.2) is 23.5 Å². The number of aliphatic hydroxyl groups excluding tert-OH is 1. The monoisotopic (exact) mass is 465 g/mol. The zero-order valence-electron chi connectivity index (χ0n) is 19.4. The molecule has 0 saturated heterocycles. The Morgan fingerprint density at radius 2 is 1.88 bits per heavy atom. The van der Waals surface area contributed by atoms with Gasteiger partial charge < -0.3 is 9.84 Å². The first-order chi connectivity index (χ1) is 16.2. The standard InChI is InChI=1S/C25H27N3O6/c1-14-12-20(30)25(2)17(22(14)31)13-18-15(8-9-27-23(32)26(3)24(33)28(18)27)21(25)16-6-4-5-7-19(16)34-11-10-29/h4-8,12,17-18,21,29H,9-11,13H2,1-3H3/t17-,18+,21+,25-/m0/s1. The number of rotatable bonds is 4. The number of aliphatic hydroxyl groups is 1. The number of carbonyl (C=O) groups excluding carboxylic acids is 2. The molecule has 4 atom stereocenters. The largest absolute Gasteiger partial charge is 0.491 e. The Morgan fingerprint density at radius 1 is 1.15 bits per heavy atom. The molecular formula is C25H27N3O6. The fraction of sp³-hybridized carbons (Fsp3) is 0.440. The molecule has 0 spiro atoms. The molecule has 2 heterocycles. The summed E-state index contributed by atoms with van der Waals surface area (Å²) in [5.74, 6) is -0.972. The van der Waals surface area contributed by atoms with E-state index in [1.54, 1.807) is 13.0 Å². The fourth-order valence-electron chi connectivity index (χ4n) is 6.00. The number of ketones is 2. The van der Waals surface area contributed by atoms with Crippen LogP contribution in [0.3, 0.4) is 0 Å². The van der Waals surface area contributed by atoms with E-state index in [1.807, 2.05) is 31.2 Å². The van der Waals surface area contributed by atoms with Crippen molar-refractivity contribution in [3.8, 4) is 5.75 Å². The molecule has 9 heteroatoms. The van der Waals surface area contributed by atoms with Crippen LogP contribution in [0.25, 0.3) is 0 Å². The first kappa shape index (κ1) is 22.3. The molecule has 9 nitrogen and oxygen atoms in total. The van der Waals surface area contributed by atoms with Crippen molar-refractivity contribution in [2.45, 2.75) is 38.8 Å². The molecule has 5 rings (SSSR count). The first-order valence-corrected chi connectivity index (χ1v) is 11.4. The summed E-state index contributed by atoms with van der Waals surface area (Å²) >= 11 is 0. The number of allylic oxidation sites excluding steroid dienone is 4. The highest BCUT2D eigenvalue weighted by Gasteiger charge is 2.59. The lowest BCUT2D eigenvalue weighted by atomic mass is 9.51. The van der Waals surface area contributed by atoms with Crippen LogP contribution in [0.2, 0.25) is 0 Å². The molecule has 178 valence electrons. The molecule has 1 N–H and O–H groups in total. The molecule has 1 fully saturated rings. The number of aromatic nitrogens is 3. The van der Waals surface area contributed by atoms with Gasteiger partial charge in [0.05, 0.1) is 24.6 Å². The van der Waals surface area contributed by atoms with Gasteiger partial charge in [-0.15, -0.1) is 0 Å². The van der Waals surface area contributed by atoms with Gasteiger partial charge in [-0.3, -0.25) is 9.59 Å². The quantitative estimate of drug-likeness (QED) is 0.677. The lowest BCUT2D eigenvalue weighted by Gasteiger charge is -2.52. The van der Waals surface area contributed by atoms with E-state index in [2.05, 4.69) is 0 Å². The summed E-state index contributed by atoms with van der Waals surface area (Å²) in [6, 6.07) is 6.74. The highest BCUT2D eigenvalue weighted by molar-refractivity contribution is 6.13. The number of ether oxygens (including phenoxy) is 1. The number of benzene rings is 1. The number of nitrogens with zero attached hydrogens (tertiary/aromatic N) is 3. The highest BCUT2D eigenvalue weighted by Crippen LogP contribution is 2.60. The van der Waals surface area contributed by atoms with Gasteiger partial charge in [-0.1, -0.05) is 31.2 Å². The van der Waals surface area contributed by atoms with Gasteiger partial charge in [-0.2, -0.15) is 0 Å². The lowest BCUT2D eigenvalue weighted by molar-refractivity contribution is -0.139. The number of para-hydroxylation sites is 1. The van der Waals surface area contributed by atoms with Crippen LogP contribution in [0, 0.1) is 11.3 Å². The van der Waals surface area contributed by atoms with Gasteiger partial charge >= 0.3 is 11.4 Å². The van der Waals surface area contributed by atoms with Crippen molar-refractivity contribution in [2.75, 3.05) is 13.2 Å². The highest BCUT2D eigenvalue weighted by atomic mass is 16.5. The van der Waals surface area contributed by atoms with Crippen LogP contribution in [-0.4, -0.2) is 43.8 Å². The lowest BCUT2D eigenvalue weighted by Crippen LogP contribution is -2.54. The van der Waals surface area contributed by atoms with Crippen LogP contribution in [-0.2, 0) is 23.2 Å². The van der Waals surface area contributed by atoms with Crippen molar-refractivity contribution in [1.82, 2.24) is 13.9 Å². The van der Waals surface area contributed by atoms with E-state index in [0.717, 1.165) is 10.1 Å². The van der Waals surface area contributed by atoms with Crippen LogP contribution < -0.4 is 16.1 Å². The van der Waals surface area contributed by atoms with Crippen molar-refractivity contribution < 1.29 is 19.4 Å². The first-order valence-electron chi connectivity index (χ1n) is 11.4. The maximum absolute atomic E-state index is 13.6. The maximum Gasteiger partial charge on any atom is 0.347 e. The van der Waals surface area contributed by atoms with Crippen LogP contribution >= 0.6 is 0 Å². The zero-order valence-corrected chi connectivity index (χ0v) is 19.4. The summed E-state index contributed by atoms with van der Waals surface area (Å²) in [6.07, 6.45) is 3.58. The van der Waals surface area contributed by atoms with E-state index >= 15 is 0 Å². The van der Waals surface area contributed by atoms with Gasteiger partial charge in [0.2, 0.25) is 0 Å². The van der Waals surface area contributed by atoms with Crippen molar-refractivity contribution in [1.29, 1.82) is 0 Å². The minimum atomic E-state index is -1.08. The zero-order chi connectivity index (χ0) is 24.4. The summed E-state index contributed by atoms with van der Waals surface area (Å²) in [4.78, 5) is 52.7. The Balaban J connectivity index is 1.78. The van der Waals surface area contributed by atoms with Crippen molar-refractivity contribution in [2.24, 2.45) is 18.4 Å². The minimum Gasteiger partial charge on any atom is -0.491 e. The summed E-state index contributed by atoms with van der Waals surface area (Å²) in [5, 5.41) is 9.31. The van der Waals surface area contributed by atoms with Gasteiger partial charge in [0.1, 0.15) is 12.4 Å². The average molecular weight is 466 g/mol. The van der Waals surface area contributed by atoms with Gasteiger partial charge in [0.25, 0.3) is 0 Å². The van der Waals surface area contributed by atoms with Crippen LogP contribution in [0.1, 0.15) is 37.8 Å². The topological polar surface area (TPSA) is 113 Å².